The van der Waals surface area contributed by atoms with Crippen molar-refractivity contribution in [2.45, 2.75) is 52.2 Å². The molecule has 1 aromatic heterocycles. The summed E-state index contributed by atoms with van der Waals surface area (Å²) in [5, 5.41) is 3.57. The first-order valence-corrected chi connectivity index (χ1v) is 7.44. The Morgan fingerprint density at radius 2 is 2.22 bits per heavy atom. The third-order valence-corrected chi connectivity index (χ3v) is 3.74. The highest BCUT2D eigenvalue weighted by Crippen LogP contribution is 2.25. The van der Waals surface area contributed by atoms with Crippen LogP contribution in [0.5, 0.6) is 0 Å². The van der Waals surface area contributed by atoms with E-state index >= 15 is 0 Å². The minimum absolute atomic E-state index is 0.890. The molecule has 1 heterocycles. The number of aryl methyl sites for hydroxylation is 1. The molecule has 0 aromatic carbocycles. The lowest BCUT2D eigenvalue weighted by Crippen LogP contribution is -2.33. The van der Waals surface area contributed by atoms with Crippen LogP contribution in [-0.4, -0.2) is 35.1 Å². The fourth-order valence-corrected chi connectivity index (χ4v) is 2.55. The monoisotopic (exact) mass is 249 g/mol. The molecular weight excluding hydrogens is 222 g/mol. The van der Waals surface area contributed by atoms with E-state index in [9.17, 15) is 0 Å². The topological polar surface area (TPSA) is 20.2 Å². The molecule has 0 saturated heterocycles. The second-order valence-electron chi connectivity index (χ2n) is 5.23. The highest BCUT2D eigenvalue weighted by atomic mass is 15.2. The van der Waals surface area contributed by atoms with E-state index in [2.05, 4.69) is 47.0 Å². The van der Waals surface area contributed by atoms with Gasteiger partial charge in [0.25, 0.3) is 0 Å². The van der Waals surface area contributed by atoms with Crippen LogP contribution < -0.4 is 5.32 Å². The maximum absolute atomic E-state index is 3.57. The molecule has 3 heteroatoms. The van der Waals surface area contributed by atoms with Crippen molar-refractivity contribution in [2.24, 2.45) is 0 Å². The Kier molecular flexibility index (Phi) is 5.26. The van der Waals surface area contributed by atoms with Crippen molar-refractivity contribution in [3.05, 3.63) is 24.0 Å². The Labute approximate surface area is 111 Å². The van der Waals surface area contributed by atoms with Crippen LogP contribution in [0.2, 0.25) is 0 Å². The predicted octanol–water partition coefficient (Wildman–Crippen LogP) is 2.47. The molecule has 0 amide bonds. The molecular formula is C15H27N3. The molecule has 102 valence electrons. The van der Waals surface area contributed by atoms with Gasteiger partial charge < -0.3 is 9.88 Å². The minimum Gasteiger partial charge on any atom is -0.350 e. The number of aromatic nitrogens is 1. The number of likely N-dealkylation sites (N-methyl/N-ethyl adjacent to an activating group) is 1. The van der Waals surface area contributed by atoms with Crippen molar-refractivity contribution < 1.29 is 0 Å². The Morgan fingerprint density at radius 1 is 1.39 bits per heavy atom. The first-order chi connectivity index (χ1) is 8.85. The molecule has 0 spiro atoms. The molecule has 1 aliphatic carbocycles. The SMILES string of the molecule is CCCn1cccc1CNCCN(CC)C1CC1. The first kappa shape index (κ1) is 13.6. The minimum atomic E-state index is 0.890. The number of hydrogen-bond donors (Lipinski definition) is 1. The van der Waals surface area contributed by atoms with Gasteiger partial charge >= 0.3 is 0 Å². The zero-order chi connectivity index (χ0) is 12.8. The van der Waals surface area contributed by atoms with E-state index in [4.69, 9.17) is 0 Å². The molecule has 1 fully saturated rings. The summed E-state index contributed by atoms with van der Waals surface area (Å²) < 4.78 is 2.35. The number of nitrogens with zero attached hydrogens (tertiary/aromatic N) is 2. The summed E-state index contributed by atoms with van der Waals surface area (Å²) in [6.07, 6.45) is 6.20. The molecule has 0 unspecified atom stereocenters. The van der Waals surface area contributed by atoms with Crippen molar-refractivity contribution >= 4 is 0 Å². The Morgan fingerprint density at radius 3 is 2.89 bits per heavy atom. The molecule has 0 atom stereocenters. The summed E-state index contributed by atoms with van der Waals surface area (Å²) in [4.78, 5) is 2.60. The average Bonchev–Trinajstić information content (AvgIpc) is 3.12. The largest absolute Gasteiger partial charge is 0.350 e. The van der Waals surface area contributed by atoms with Crippen LogP contribution in [-0.2, 0) is 13.1 Å². The average molecular weight is 249 g/mol. The lowest BCUT2D eigenvalue weighted by Gasteiger charge is -2.20. The van der Waals surface area contributed by atoms with Crippen LogP contribution in [0, 0.1) is 0 Å². The first-order valence-electron chi connectivity index (χ1n) is 7.44. The van der Waals surface area contributed by atoms with Crippen LogP contribution in [0.1, 0.15) is 38.8 Å². The summed E-state index contributed by atoms with van der Waals surface area (Å²) in [6, 6.07) is 5.26. The molecule has 1 aromatic rings. The highest BCUT2D eigenvalue weighted by Gasteiger charge is 2.26. The molecule has 1 N–H and O–H groups in total. The normalized spacial score (nSPS) is 15.5. The van der Waals surface area contributed by atoms with Crippen LogP contribution in [0.3, 0.4) is 0 Å². The summed E-state index contributed by atoms with van der Waals surface area (Å²) >= 11 is 0. The van der Waals surface area contributed by atoms with Gasteiger partial charge in [-0.1, -0.05) is 13.8 Å². The van der Waals surface area contributed by atoms with Gasteiger partial charge in [-0.25, -0.2) is 0 Å². The van der Waals surface area contributed by atoms with Crippen LogP contribution >= 0.6 is 0 Å². The van der Waals surface area contributed by atoms with E-state index in [1.807, 2.05) is 0 Å². The van der Waals surface area contributed by atoms with Crippen molar-refractivity contribution in [1.29, 1.82) is 0 Å². The molecule has 1 aliphatic rings. The van der Waals surface area contributed by atoms with E-state index < -0.39 is 0 Å². The van der Waals surface area contributed by atoms with Gasteiger partial charge in [0.2, 0.25) is 0 Å². The van der Waals surface area contributed by atoms with Crippen molar-refractivity contribution in [1.82, 2.24) is 14.8 Å². The van der Waals surface area contributed by atoms with E-state index in [1.54, 1.807) is 0 Å². The van der Waals surface area contributed by atoms with E-state index in [1.165, 1.54) is 38.0 Å². The zero-order valence-corrected chi connectivity index (χ0v) is 11.9. The predicted molar refractivity (Wildman–Crippen MR) is 76.7 cm³/mol. The molecule has 0 aliphatic heterocycles. The third-order valence-electron chi connectivity index (χ3n) is 3.74. The summed E-state index contributed by atoms with van der Waals surface area (Å²) in [6.45, 7) is 10.1. The number of rotatable bonds is 9. The Hall–Kier alpha value is -0.800. The smallest absolute Gasteiger partial charge is 0.0359 e. The molecule has 0 radical (unpaired) electrons. The molecule has 18 heavy (non-hydrogen) atoms. The van der Waals surface area contributed by atoms with Crippen LogP contribution in [0.15, 0.2) is 18.3 Å². The standard InChI is InChI=1S/C15H27N3/c1-3-10-18-11-5-6-15(18)13-16-9-12-17(4-2)14-7-8-14/h5-6,11,14,16H,3-4,7-10,12-13H2,1-2H3. The second kappa shape index (κ2) is 6.95. The summed E-state index contributed by atoms with van der Waals surface area (Å²) in [5.74, 6) is 0. The highest BCUT2D eigenvalue weighted by molar-refractivity contribution is 5.06. The van der Waals surface area contributed by atoms with Gasteiger partial charge in [0.05, 0.1) is 0 Å². The summed E-state index contributed by atoms with van der Waals surface area (Å²) in [7, 11) is 0. The Balaban J connectivity index is 1.66. The third kappa shape index (κ3) is 3.85. The second-order valence-corrected chi connectivity index (χ2v) is 5.23. The van der Waals surface area contributed by atoms with Crippen LogP contribution in [0.4, 0.5) is 0 Å². The summed E-state index contributed by atoms with van der Waals surface area (Å²) in [5.41, 5.74) is 1.41. The zero-order valence-electron chi connectivity index (χ0n) is 11.9. The fraction of sp³-hybridized carbons (Fsp3) is 0.733. The quantitative estimate of drug-likeness (QED) is 0.679. The van der Waals surface area contributed by atoms with Gasteiger partial charge in [-0.15, -0.1) is 0 Å². The van der Waals surface area contributed by atoms with Crippen LogP contribution in [0.25, 0.3) is 0 Å². The lowest BCUT2D eigenvalue weighted by atomic mass is 10.4. The maximum atomic E-state index is 3.57. The van der Waals surface area contributed by atoms with E-state index in [0.29, 0.717) is 0 Å². The van der Waals surface area contributed by atoms with Gasteiger partial charge in [0.1, 0.15) is 0 Å². The maximum Gasteiger partial charge on any atom is 0.0359 e. The van der Waals surface area contributed by atoms with Gasteiger partial charge in [0.15, 0.2) is 0 Å². The van der Waals surface area contributed by atoms with E-state index in [-0.39, 0.29) is 0 Å². The Bertz CT molecular complexity index is 341. The molecule has 0 bridgehead atoms. The van der Waals surface area contributed by atoms with E-state index in [0.717, 1.165) is 25.7 Å². The molecule has 2 rings (SSSR count). The van der Waals surface area contributed by atoms with Gasteiger partial charge in [-0.3, -0.25) is 4.90 Å². The molecule has 1 saturated carbocycles. The van der Waals surface area contributed by atoms with Gasteiger partial charge in [-0.2, -0.15) is 0 Å². The van der Waals surface area contributed by atoms with Gasteiger partial charge in [0, 0.05) is 44.1 Å². The number of hydrogen-bond acceptors (Lipinski definition) is 2. The molecule has 3 nitrogen and oxygen atoms in total. The fourth-order valence-electron chi connectivity index (χ4n) is 2.55. The van der Waals surface area contributed by atoms with Crippen molar-refractivity contribution in [2.75, 3.05) is 19.6 Å². The van der Waals surface area contributed by atoms with Gasteiger partial charge in [-0.05, 0) is 37.9 Å². The van der Waals surface area contributed by atoms with Crippen molar-refractivity contribution in [3.8, 4) is 0 Å². The lowest BCUT2D eigenvalue weighted by molar-refractivity contribution is 0.276. The number of nitrogens with one attached hydrogen (secondary N) is 1. The van der Waals surface area contributed by atoms with Crippen molar-refractivity contribution in [3.63, 3.8) is 0 Å².